The number of nitrogens with two attached hydrogens (primary N) is 1. The van der Waals surface area contributed by atoms with Crippen molar-refractivity contribution in [3.63, 3.8) is 0 Å². The van der Waals surface area contributed by atoms with Gasteiger partial charge in [0.05, 0.1) is 11.4 Å². The monoisotopic (exact) mass is 567 g/mol. The average Bonchev–Trinajstić information content (AvgIpc) is 3.60. The van der Waals surface area contributed by atoms with Crippen LogP contribution in [-0.4, -0.2) is 56.5 Å². The molecule has 218 valence electrons. The predicted molar refractivity (Wildman–Crippen MR) is 162 cm³/mol. The molecule has 1 atom stereocenters. The van der Waals surface area contributed by atoms with E-state index in [-0.39, 0.29) is 18.0 Å². The van der Waals surface area contributed by atoms with E-state index in [1.54, 1.807) is 0 Å². The van der Waals surface area contributed by atoms with Gasteiger partial charge in [-0.15, -0.1) is 0 Å². The number of rotatable bonds is 7. The second-order valence-corrected chi connectivity index (χ2v) is 11.7. The van der Waals surface area contributed by atoms with Gasteiger partial charge in [0.15, 0.2) is 0 Å². The Morgan fingerprint density at radius 3 is 2.50 bits per heavy atom. The number of nitrogens with one attached hydrogen (secondary N) is 1. The molecule has 2 aromatic carbocycles. The van der Waals surface area contributed by atoms with Gasteiger partial charge < -0.3 is 25.8 Å². The fourth-order valence-electron chi connectivity index (χ4n) is 6.05. The lowest BCUT2D eigenvalue weighted by atomic mass is 9.76. The Kier molecular flexibility index (Phi) is 7.32. The molecule has 42 heavy (non-hydrogen) atoms. The molecule has 0 saturated carbocycles. The van der Waals surface area contributed by atoms with Gasteiger partial charge in [0, 0.05) is 37.5 Å². The summed E-state index contributed by atoms with van der Waals surface area (Å²) in [7, 11) is 0. The maximum atomic E-state index is 11.4. The third-order valence-electron chi connectivity index (χ3n) is 8.78. The summed E-state index contributed by atoms with van der Waals surface area (Å²) >= 11 is 0. The van der Waals surface area contributed by atoms with Crippen molar-refractivity contribution in [2.45, 2.75) is 52.7 Å². The molecule has 4 heterocycles. The van der Waals surface area contributed by atoms with Crippen LogP contribution in [0.1, 0.15) is 41.6 Å². The molecule has 0 radical (unpaired) electrons. The maximum absolute atomic E-state index is 11.4. The molecule has 0 aliphatic carbocycles. The Bertz CT molecular complexity index is 1620. The maximum Gasteiger partial charge on any atom is 0.320 e. The summed E-state index contributed by atoms with van der Waals surface area (Å²) in [5.41, 5.74) is 13.7. The molecule has 10 nitrogen and oxygen atoms in total. The minimum atomic E-state index is -0.773. The molecule has 2 saturated heterocycles. The lowest BCUT2D eigenvalue weighted by Crippen LogP contribution is -2.41. The molecule has 1 spiro atoms. The lowest BCUT2D eigenvalue weighted by Gasteiger charge is -2.39. The summed E-state index contributed by atoms with van der Waals surface area (Å²) in [6.07, 6.45) is 4.41. The number of nitrogens with zero attached hydrogens (tertiary/aromatic N) is 5. The molecular formula is C32H37N7O3. The Hall–Kier alpha value is -4.44. The van der Waals surface area contributed by atoms with Crippen LogP contribution in [0.3, 0.4) is 0 Å². The highest BCUT2D eigenvalue weighted by molar-refractivity contribution is 5.74. The van der Waals surface area contributed by atoms with E-state index in [1.807, 2.05) is 29.9 Å². The molecule has 2 aromatic heterocycles. The zero-order valence-electron chi connectivity index (χ0n) is 24.3. The molecule has 2 fully saturated rings. The zero-order chi connectivity index (χ0) is 29.4. The normalized spacial score (nSPS) is 18.0. The molecule has 4 aromatic rings. The Morgan fingerprint density at radius 2 is 1.81 bits per heavy atom. The second kappa shape index (κ2) is 11.1. The number of aliphatic carboxylic acids is 1. The third kappa shape index (κ3) is 5.67. The van der Waals surface area contributed by atoms with Crippen molar-refractivity contribution >= 4 is 17.7 Å². The Morgan fingerprint density at radius 1 is 1.05 bits per heavy atom. The number of carboxylic acids is 1. The zero-order valence-corrected chi connectivity index (χ0v) is 24.3. The molecule has 0 amide bonds. The van der Waals surface area contributed by atoms with E-state index in [9.17, 15) is 9.90 Å². The van der Waals surface area contributed by atoms with Gasteiger partial charge in [-0.25, -0.2) is 4.68 Å². The molecule has 2 aliphatic heterocycles. The average molecular weight is 568 g/mol. The van der Waals surface area contributed by atoms with Crippen LogP contribution in [0.2, 0.25) is 0 Å². The highest BCUT2D eigenvalue weighted by Crippen LogP contribution is 2.40. The van der Waals surface area contributed by atoms with Crippen molar-refractivity contribution in [2.24, 2.45) is 5.41 Å². The molecular weight excluding hydrogens is 530 g/mol. The number of hydrogen-bond acceptors (Lipinski definition) is 8. The number of hydrogen-bond donors (Lipinski definition) is 3. The molecule has 4 N–H and O–H groups in total. The number of piperidine rings is 1. The van der Waals surface area contributed by atoms with Gasteiger partial charge in [0.1, 0.15) is 18.5 Å². The van der Waals surface area contributed by atoms with Crippen LogP contribution < -0.4 is 20.7 Å². The summed E-state index contributed by atoms with van der Waals surface area (Å²) in [5.74, 6) is 0.517. The SMILES string of the molecule is Cc1ccn(-c2cc(-c3ccc(C)c(C)c3)ccc2COc2cc(N3CCC4(CC3)CNC(C(=O)O)C4)nc(N)n2)n1. The van der Waals surface area contributed by atoms with Gasteiger partial charge in [0.2, 0.25) is 11.8 Å². The van der Waals surface area contributed by atoms with E-state index < -0.39 is 12.0 Å². The third-order valence-corrected chi connectivity index (χ3v) is 8.78. The number of nitrogen functional groups attached to an aromatic ring is 1. The summed E-state index contributed by atoms with van der Waals surface area (Å²) in [6.45, 7) is 8.78. The van der Waals surface area contributed by atoms with E-state index in [0.29, 0.717) is 12.3 Å². The van der Waals surface area contributed by atoms with Crippen LogP contribution in [0, 0.1) is 26.2 Å². The fourth-order valence-corrected chi connectivity index (χ4v) is 6.05. The van der Waals surface area contributed by atoms with E-state index in [1.165, 1.54) is 11.1 Å². The predicted octanol–water partition coefficient (Wildman–Crippen LogP) is 4.45. The highest BCUT2D eigenvalue weighted by atomic mass is 16.5. The first-order chi connectivity index (χ1) is 20.2. The number of ether oxygens (including phenoxy) is 1. The highest BCUT2D eigenvalue weighted by Gasteiger charge is 2.43. The first kappa shape index (κ1) is 27.7. The first-order valence-corrected chi connectivity index (χ1v) is 14.4. The lowest BCUT2D eigenvalue weighted by molar-refractivity contribution is -0.139. The Labute approximate surface area is 245 Å². The number of aromatic nitrogens is 4. The van der Waals surface area contributed by atoms with Crippen LogP contribution in [0.4, 0.5) is 11.8 Å². The molecule has 0 bridgehead atoms. The summed E-state index contributed by atoms with van der Waals surface area (Å²) in [4.78, 5) is 22.5. The van der Waals surface area contributed by atoms with E-state index in [2.05, 4.69) is 75.5 Å². The van der Waals surface area contributed by atoms with E-state index >= 15 is 0 Å². The Balaban J connectivity index is 1.20. The van der Waals surface area contributed by atoms with Crippen molar-refractivity contribution < 1.29 is 14.6 Å². The first-order valence-electron chi connectivity index (χ1n) is 14.4. The minimum absolute atomic E-state index is 0.0160. The van der Waals surface area contributed by atoms with Gasteiger partial charge in [-0.2, -0.15) is 15.1 Å². The van der Waals surface area contributed by atoms with Crippen LogP contribution in [0.15, 0.2) is 54.7 Å². The van der Waals surface area contributed by atoms with Crippen LogP contribution in [-0.2, 0) is 11.4 Å². The minimum Gasteiger partial charge on any atom is -0.480 e. The quantitative estimate of drug-likeness (QED) is 0.296. The van der Waals surface area contributed by atoms with Gasteiger partial charge >= 0.3 is 5.97 Å². The molecule has 1 unspecified atom stereocenters. The number of carbonyl (C=O) groups is 1. The summed E-state index contributed by atoms with van der Waals surface area (Å²) in [5, 5.41) is 17.2. The molecule has 10 heteroatoms. The fraction of sp³-hybridized carbons (Fsp3) is 0.375. The van der Waals surface area contributed by atoms with Gasteiger partial charge in [0.25, 0.3) is 0 Å². The summed E-state index contributed by atoms with van der Waals surface area (Å²) < 4.78 is 8.10. The van der Waals surface area contributed by atoms with Gasteiger partial charge in [-0.05, 0) is 79.8 Å². The van der Waals surface area contributed by atoms with Gasteiger partial charge in [-0.1, -0.05) is 30.3 Å². The number of carboxylic acid groups (broad SMARTS) is 1. The smallest absolute Gasteiger partial charge is 0.320 e. The number of benzene rings is 2. The van der Waals surface area contributed by atoms with E-state index in [4.69, 9.17) is 10.5 Å². The van der Waals surface area contributed by atoms with Crippen molar-refractivity contribution in [3.05, 3.63) is 77.1 Å². The van der Waals surface area contributed by atoms with Crippen molar-refractivity contribution in [3.8, 4) is 22.7 Å². The van der Waals surface area contributed by atoms with E-state index in [0.717, 1.165) is 66.4 Å². The largest absolute Gasteiger partial charge is 0.480 e. The second-order valence-electron chi connectivity index (χ2n) is 11.7. The topological polar surface area (TPSA) is 131 Å². The van der Waals surface area contributed by atoms with Crippen LogP contribution in [0.25, 0.3) is 16.8 Å². The van der Waals surface area contributed by atoms with Crippen molar-refractivity contribution in [1.82, 2.24) is 25.1 Å². The molecule has 6 rings (SSSR count). The van der Waals surface area contributed by atoms with Gasteiger partial charge in [-0.3, -0.25) is 4.79 Å². The van der Waals surface area contributed by atoms with Crippen molar-refractivity contribution in [2.75, 3.05) is 30.3 Å². The number of anilines is 2. The number of aryl methyl sites for hydroxylation is 3. The standard InChI is InChI=1S/C32H37N7O3/c1-20-4-5-23(14-21(20)2)24-6-7-25(27(15-24)39-11-8-22(3)37-39)18-42-29-16-28(35-31(33)36-29)38-12-9-32(10-13-38)17-26(30(40)41)34-19-32/h4-8,11,14-16,26,34H,9-10,12-13,17-19H2,1-3H3,(H,40,41)(H2,33,35,36). The van der Waals surface area contributed by atoms with Crippen LogP contribution >= 0.6 is 0 Å². The molecule has 2 aliphatic rings. The summed E-state index contributed by atoms with van der Waals surface area (Å²) in [6, 6.07) is 16.2. The van der Waals surface area contributed by atoms with Crippen molar-refractivity contribution in [1.29, 1.82) is 0 Å². The van der Waals surface area contributed by atoms with Crippen LogP contribution in [0.5, 0.6) is 5.88 Å².